The zero-order valence-corrected chi connectivity index (χ0v) is 24.6. The number of phenolic OH excluding ortho intramolecular Hbond substituents is 6. The molecular weight excluding hydrogens is 608 g/mol. The maximum Gasteiger partial charge on any atom is 0.237 e. The van der Waals surface area contributed by atoms with Gasteiger partial charge in [0, 0.05) is 22.3 Å². The number of hydrogen-bond donors (Lipinski definition) is 6. The Hall–Kier alpha value is -6.44. The lowest BCUT2D eigenvalue weighted by atomic mass is 9.93. The van der Waals surface area contributed by atoms with Gasteiger partial charge < -0.3 is 49.6 Å². The minimum Gasteiger partial charge on any atom is -0.504 e. The van der Waals surface area contributed by atoms with Crippen LogP contribution in [0, 0.1) is 0 Å². The average molecular weight is 635 g/mol. The lowest BCUT2D eigenvalue weighted by Crippen LogP contribution is -2.16. The van der Waals surface area contributed by atoms with E-state index in [0.29, 0.717) is 0 Å². The number of benzene rings is 4. The molecule has 4 aromatic carbocycles. The number of rotatable bonds is 11. The molecule has 0 aliphatic carbocycles. The first-order valence-electron chi connectivity index (χ1n) is 13.0. The summed E-state index contributed by atoms with van der Waals surface area (Å²) in [6.45, 7) is 0. The highest BCUT2D eigenvalue weighted by atomic mass is 16.5. The smallest absolute Gasteiger partial charge is 0.237 e. The Balaban J connectivity index is 1.81. The number of methoxy groups -OCH3 is 4. The highest BCUT2D eigenvalue weighted by Crippen LogP contribution is 2.44. The number of carbonyl (C=O) groups excluding carboxylic acids is 4. The number of carbonyl (C=O) groups is 4. The summed E-state index contributed by atoms with van der Waals surface area (Å²) in [5.41, 5.74) is -0.884. The third kappa shape index (κ3) is 5.74. The van der Waals surface area contributed by atoms with Crippen LogP contribution in [-0.2, 0) is 0 Å². The molecule has 0 heterocycles. The van der Waals surface area contributed by atoms with Crippen LogP contribution >= 0.6 is 0 Å². The highest BCUT2D eigenvalue weighted by Gasteiger charge is 2.29. The summed E-state index contributed by atoms with van der Waals surface area (Å²) in [4.78, 5) is 52.5. The molecule has 14 nitrogen and oxygen atoms in total. The van der Waals surface area contributed by atoms with Crippen molar-refractivity contribution in [3.8, 4) is 68.6 Å². The second kappa shape index (κ2) is 12.7. The van der Waals surface area contributed by atoms with Gasteiger partial charge in [0.25, 0.3) is 0 Å². The van der Waals surface area contributed by atoms with Crippen LogP contribution in [0.1, 0.15) is 41.4 Å². The lowest BCUT2D eigenvalue weighted by Gasteiger charge is -2.18. The van der Waals surface area contributed by atoms with E-state index in [1.807, 2.05) is 0 Å². The van der Waals surface area contributed by atoms with Gasteiger partial charge in [0.15, 0.2) is 34.5 Å². The molecule has 0 aliphatic heterocycles. The largest absolute Gasteiger partial charge is 0.504 e. The molecule has 0 saturated carbocycles. The molecule has 0 bridgehead atoms. The third-order valence-electron chi connectivity index (χ3n) is 6.90. The number of aromatic hydroxyl groups is 6. The highest BCUT2D eigenvalue weighted by molar-refractivity contribution is 6.50. The van der Waals surface area contributed by atoms with E-state index < -0.39 is 68.8 Å². The molecule has 4 aromatic rings. The number of ketones is 4. The molecule has 0 radical (unpaired) electrons. The molecule has 0 saturated heterocycles. The van der Waals surface area contributed by atoms with Crippen molar-refractivity contribution >= 4 is 23.1 Å². The summed E-state index contributed by atoms with van der Waals surface area (Å²) in [6.07, 6.45) is 0. The molecule has 46 heavy (non-hydrogen) atoms. The quantitative estimate of drug-likeness (QED) is 0.0785. The summed E-state index contributed by atoms with van der Waals surface area (Å²) in [5, 5.41) is 58.3. The van der Waals surface area contributed by atoms with Crippen LogP contribution in [0.15, 0.2) is 48.5 Å². The summed E-state index contributed by atoms with van der Waals surface area (Å²) in [5.74, 6) is -9.70. The van der Waals surface area contributed by atoms with Gasteiger partial charge in [0.1, 0.15) is 23.0 Å². The van der Waals surface area contributed by atoms with Crippen LogP contribution in [0.25, 0.3) is 11.1 Å². The molecular formula is C32H26O14. The van der Waals surface area contributed by atoms with Crippen LogP contribution < -0.4 is 18.9 Å². The Labute approximate surface area is 259 Å². The monoisotopic (exact) mass is 634 g/mol. The first-order chi connectivity index (χ1) is 21.8. The zero-order chi connectivity index (χ0) is 34.0. The molecule has 0 amide bonds. The number of phenols is 6. The van der Waals surface area contributed by atoms with Crippen molar-refractivity contribution in [2.75, 3.05) is 28.4 Å². The van der Waals surface area contributed by atoms with Crippen LogP contribution in [0.5, 0.6) is 57.5 Å². The van der Waals surface area contributed by atoms with Gasteiger partial charge in [-0.25, -0.2) is 0 Å². The fraction of sp³-hybridized carbons (Fsp3) is 0.125. The van der Waals surface area contributed by atoms with Crippen molar-refractivity contribution in [1.29, 1.82) is 0 Å². The van der Waals surface area contributed by atoms with E-state index in [1.54, 1.807) is 0 Å². The van der Waals surface area contributed by atoms with Gasteiger partial charge in [-0.3, -0.25) is 19.2 Å². The minimum atomic E-state index is -1.15. The van der Waals surface area contributed by atoms with Gasteiger partial charge in [-0.15, -0.1) is 0 Å². The van der Waals surface area contributed by atoms with Crippen molar-refractivity contribution in [2.24, 2.45) is 0 Å². The molecule has 14 heteroatoms. The van der Waals surface area contributed by atoms with Crippen LogP contribution in [0.4, 0.5) is 0 Å². The number of Topliss-reactive ketones (excluding diaryl/α,β-unsaturated/α-hetero) is 4. The fourth-order valence-corrected chi connectivity index (χ4v) is 4.55. The second-order valence-corrected chi connectivity index (χ2v) is 9.55. The van der Waals surface area contributed by atoms with Crippen molar-refractivity contribution in [3.63, 3.8) is 0 Å². The number of hydrogen-bond acceptors (Lipinski definition) is 14. The van der Waals surface area contributed by atoms with E-state index in [-0.39, 0.29) is 45.3 Å². The number of ether oxygens (including phenoxy) is 4. The Morgan fingerprint density at radius 3 is 0.957 bits per heavy atom. The van der Waals surface area contributed by atoms with E-state index >= 15 is 0 Å². The predicted octanol–water partition coefficient (Wildman–Crippen LogP) is 3.75. The van der Waals surface area contributed by atoms with Crippen molar-refractivity contribution < 1.29 is 68.8 Å². The van der Waals surface area contributed by atoms with Crippen LogP contribution in [0.3, 0.4) is 0 Å². The Bertz CT molecular complexity index is 1740. The summed E-state index contributed by atoms with van der Waals surface area (Å²) in [7, 11) is 5.02. The molecule has 0 aliphatic rings. The average Bonchev–Trinajstić information content (AvgIpc) is 3.06. The van der Waals surface area contributed by atoms with Crippen molar-refractivity contribution in [3.05, 3.63) is 70.8 Å². The van der Waals surface area contributed by atoms with E-state index in [4.69, 9.17) is 18.9 Å². The maximum atomic E-state index is 13.3. The molecule has 4 rings (SSSR count). The SMILES string of the molecule is COc1cc(-c2cc(OC)c(C(=O)C(=O)c3cc(O)c(O)c(O)c3)cc2OC)c(OC)cc1C(=O)C(=O)c1cc(O)c(O)c(O)c1. The standard InChI is InChI=1S/C32H26O14/c1-43-23-11-17(29(39)27(37)13-5-19(33)31(41)20(34)6-13)25(45-3)9-15(23)16-10-26(46-4)18(12-24(16)44-2)30(40)28(38)14-7-21(35)32(42)22(36)8-14/h5-12,33-36,41-42H,1-4H3. The third-order valence-corrected chi connectivity index (χ3v) is 6.90. The Kier molecular flexibility index (Phi) is 8.93. The summed E-state index contributed by atoms with van der Waals surface area (Å²) in [6, 6.07) is 8.33. The van der Waals surface area contributed by atoms with Gasteiger partial charge in [0.2, 0.25) is 23.1 Å². The van der Waals surface area contributed by atoms with E-state index in [9.17, 15) is 49.8 Å². The maximum absolute atomic E-state index is 13.3. The van der Waals surface area contributed by atoms with Gasteiger partial charge >= 0.3 is 0 Å². The van der Waals surface area contributed by atoms with Gasteiger partial charge in [-0.05, 0) is 48.5 Å². The fourth-order valence-electron chi connectivity index (χ4n) is 4.55. The van der Waals surface area contributed by atoms with E-state index in [0.717, 1.165) is 24.3 Å². The van der Waals surface area contributed by atoms with E-state index in [1.165, 1.54) is 52.7 Å². The first kappa shape index (κ1) is 32.5. The van der Waals surface area contributed by atoms with Crippen LogP contribution in [-0.4, -0.2) is 82.2 Å². The minimum absolute atomic E-state index is 0.0268. The molecule has 0 atom stereocenters. The Morgan fingerprint density at radius 2 is 0.696 bits per heavy atom. The van der Waals surface area contributed by atoms with E-state index in [2.05, 4.69) is 0 Å². The van der Waals surface area contributed by atoms with Crippen molar-refractivity contribution in [1.82, 2.24) is 0 Å². The van der Waals surface area contributed by atoms with Gasteiger partial charge in [-0.2, -0.15) is 0 Å². The summed E-state index contributed by atoms with van der Waals surface area (Å²) < 4.78 is 21.7. The first-order valence-corrected chi connectivity index (χ1v) is 13.0. The Morgan fingerprint density at radius 1 is 0.413 bits per heavy atom. The molecule has 0 unspecified atom stereocenters. The lowest BCUT2D eigenvalue weighted by molar-refractivity contribution is 0.0814. The molecule has 6 N–H and O–H groups in total. The molecule has 0 spiro atoms. The predicted molar refractivity (Wildman–Crippen MR) is 158 cm³/mol. The normalized spacial score (nSPS) is 10.6. The van der Waals surface area contributed by atoms with Gasteiger partial charge in [-0.1, -0.05) is 0 Å². The molecule has 0 fully saturated rings. The van der Waals surface area contributed by atoms with Crippen molar-refractivity contribution in [2.45, 2.75) is 0 Å². The topological polar surface area (TPSA) is 227 Å². The van der Waals surface area contributed by atoms with Gasteiger partial charge in [0.05, 0.1) is 39.6 Å². The second-order valence-electron chi connectivity index (χ2n) is 9.55. The zero-order valence-electron chi connectivity index (χ0n) is 24.6. The molecule has 238 valence electrons. The summed E-state index contributed by atoms with van der Waals surface area (Å²) >= 11 is 0. The van der Waals surface area contributed by atoms with Crippen LogP contribution in [0.2, 0.25) is 0 Å². The molecule has 0 aromatic heterocycles.